The van der Waals surface area contributed by atoms with Gasteiger partial charge in [0.15, 0.2) is 0 Å². The zero-order valence-corrected chi connectivity index (χ0v) is 11.2. The van der Waals surface area contributed by atoms with Gasteiger partial charge in [-0.05, 0) is 25.2 Å². The van der Waals surface area contributed by atoms with E-state index in [0.717, 1.165) is 5.01 Å². The second kappa shape index (κ2) is 6.10. The molecule has 3 N–H and O–H groups in total. The van der Waals surface area contributed by atoms with Crippen LogP contribution in [0.3, 0.4) is 0 Å². The van der Waals surface area contributed by atoms with Crippen LogP contribution in [0.4, 0.5) is 9.93 Å². The van der Waals surface area contributed by atoms with Crippen molar-refractivity contribution in [2.75, 3.05) is 18.5 Å². The molecule has 1 aromatic rings. The van der Waals surface area contributed by atoms with Gasteiger partial charge in [-0.3, -0.25) is 5.32 Å². The molecule has 1 saturated carbocycles. The van der Waals surface area contributed by atoms with Gasteiger partial charge in [-0.2, -0.15) is 0 Å². The molecule has 6 nitrogen and oxygen atoms in total. The van der Waals surface area contributed by atoms with Crippen LogP contribution in [0, 0.1) is 5.92 Å². The summed E-state index contributed by atoms with van der Waals surface area (Å²) in [5.74, 6) is 0.822. The highest BCUT2D eigenvalue weighted by Crippen LogP contribution is 2.41. The Hall–Kier alpha value is -1.21. The molecule has 7 heteroatoms. The summed E-state index contributed by atoms with van der Waals surface area (Å²) in [6.45, 7) is 2.67. The number of nitrogens with one attached hydrogen (secondary N) is 2. The number of hydrogen-bond donors (Lipinski definition) is 3. The predicted octanol–water partition coefficient (Wildman–Crippen LogP) is 1.56. The SMILES string of the molecule is CC(CCO)CNC(=O)Nc1nnc(C2CC2)s1. The number of aromatic nitrogens is 2. The quantitative estimate of drug-likeness (QED) is 0.732. The molecule has 1 aliphatic carbocycles. The molecule has 0 aromatic carbocycles. The molecule has 1 fully saturated rings. The van der Waals surface area contributed by atoms with Crippen LogP contribution in [0.5, 0.6) is 0 Å². The van der Waals surface area contributed by atoms with E-state index in [1.807, 2.05) is 6.92 Å². The number of urea groups is 1. The molecule has 100 valence electrons. The predicted molar refractivity (Wildman–Crippen MR) is 69.8 cm³/mol. The molecular formula is C11H18N4O2S. The van der Waals surface area contributed by atoms with Gasteiger partial charge < -0.3 is 10.4 Å². The lowest BCUT2D eigenvalue weighted by atomic mass is 10.1. The molecule has 2 amide bonds. The first-order valence-electron chi connectivity index (χ1n) is 6.18. The number of carbonyl (C=O) groups excluding carboxylic acids is 1. The van der Waals surface area contributed by atoms with Gasteiger partial charge in [0.2, 0.25) is 5.13 Å². The maximum atomic E-state index is 11.6. The summed E-state index contributed by atoms with van der Waals surface area (Å²) in [5.41, 5.74) is 0. The van der Waals surface area contributed by atoms with E-state index in [2.05, 4.69) is 20.8 Å². The Kier molecular flexibility index (Phi) is 4.48. The minimum atomic E-state index is -0.265. The highest BCUT2D eigenvalue weighted by atomic mass is 32.1. The number of hydrogen-bond acceptors (Lipinski definition) is 5. The Morgan fingerprint density at radius 2 is 2.33 bits per heavy atom. The highest BCUT2D eigenvalue weighted by Gasteiger charge is 2.27. The van der Waals surface area contributed by atoms with Gasteiger partial charge in [0.25, 0.3) is 0 Å². The maximum absolute atomic E-state index is 11.6. The van der Waals surface area contributed by atoms with Crippen LogP contribution in [-0.2, 0) is 0 Å². The first kappa shape index (κ1) is 13.2. The molecule has 1 heterocycles. The van der Waals surface area contributed by atoms with Crippen molar-refractivity contribution in [3.8, 4) is 0 Å². The van der Waals surface area contributed by atoms with Crippen LogP contribution in [0.2, 0.25) is 0 Å². The van der Waals surface area contributed by atoms with Gasteiger partial charge in [0.1, 0.15) is 5.01 Å². The Labute approximate surface area is 110 Å². The van der Waals surface area contributed by atoms with E-state index in [1.165, 1.54) is 24.2 Å². The molecule has 2 rings (SSSR count). The summed E-state index contributed by atoms with van der Waals surface area (Å²) >= 11 is 1.44. The number of aliphatic hydroxyl groups excluding tert-OH is 1. The van der Waals surface area contributed by atoms with Crippen LogP contribution < -0.4 is 10.6 Å². The molecule has 1 aromatic heterocycles. The van der Waals surface area contributed by atoms with Gasteiger partial charge in [0.05, 0.1) is 0 Å². The highest BCUT2D eigenvalue weighted by molar-refractivity contribution is 7.15. The molecular weight excluding hydrogens is 252 g/mol. The van der Waals surface area contributed by atoms with E-state index in [-0.39, 0.29) is 18.6 Å². The van der Waals surface area contributed by atoms with Crippen molar-refractivity contribution in [1.82, 2.24) is 15.5 Å². The minimum Gasteiger partial charge on any atom is -0.396 e. The van der Waals surface area contributed by atoms with E-state index in [1.54, 1.807) is 0 Å². The van der Waals surface area contributed by atoms with Crippen LogP contribution in [-0.4, -0.2) is 34.5 Å². The number of anilines is 1. The first-order valence-corrected chi connectivity index (χ1v) is 6.99. The molecule has 1 aliphatic rings. The minimum absolute atomic E-state index is 0.144. The zero-order valence-electron chi connectivity index (χ0n) is 10.3. The van der Waals surface area contributed by atoms with Crippen molar-refractivity contribution in [1.29, 1.82) is 0 Å². The van der Waals surface area contributed by atoms with Crippen molar-refractivity contribution >= 4 is 22.5 Å². The van der Waals surface area contributed by atoms with Crippen LogP contribution in [0.25, 0.3) is 0 Å². The fraction of sp³-hybridized carbons (Fsp3) is 0.727. The van der Waals surface area contributed by atoms with E-state index in [9.17, 15) is 4.79 Å². The second-order valence-electron chi connectivity index (χ2n) is 4.67. The average Bonchev–Trinajstić information content (AvgIpc) is 3.09. The Morgan fingerprint density at radius 1 is 1.56 bits per heavy atom. The number of nitrogens with zero attached hydrogens (tertiary/aromatic N) is 2. The molecule has 18 heavy (non-hydrogen) atoms. The Bertz CT molecular complexity index is 406. The number of carbonyl (C=O) groups is 1. The van der Waals surface area contributed by atoms with Crippen LogP contribution in [0.15, 0.2) is 0 Å². The smallest absolute Gasteiger partial charge is 0.321 e. The van der Waals surface area contributed by atoms with Crippen molar-refractivity contribution in [2.24, 2.45) is 5.92 Å². The lowest BCUT2D eigenvalue weighted by Gasteiger charge is -2.10. The summed E-state index contributed by atoms with van der Waals surface area (Å²) in [6, 6.07) is -0.265. The number of amides is 2. The van der Waals surface area contributed by atoms with Gasteiger partial charge in [-0.15, -0.1) is 10.2 Å². The van der Waals surface area contributed by atoms with Crippen LogP contribution in [0.1, 0.15) is 37.1 Å². The third-order valence-electron chi connectivity index (χ3n) is 2.82. The molecule has 0 aliphatic heterocycles. The average molecular weight is 270 g/mol. The Balaban J connectivity index is 1.72. The second-order valence-corrected chi connectivity index (χ2v) is 5.68. The molecule has 0 bridgehead atoms. The third-order valence-corrected chi connectivity index (χ3v) is 3.82. The van der Waals surface area contributed by atoms with Crippen LogP contribution >= 0.6 is 11.3 Å². The zero-order chi connectivity index (χ0) is 13.0. The van der Waals surface area contributed by atoms with Crippen molar-refractivity contribution in [3.05, 3.63) is 5.01 Å². The topological polar surface area (TPSA) is 87.1 Å². The normalized spacial score (nSPS) is 16.3. The molecule has 1 unspecified atom stereocenters. The Morgan fingerprint density at radius 3 is 3.00 bits per heavy atom. The summed E-state index contributed by atoms with van der Waals surface area (Å²) in [7, 11) is 0. The van der Waals surface area contributed by atoms with E-state index < -0.39 is 0 Å². The number of rotatable bonds is 6. The van der Waals surface area contributed by atoms with E-state index in [4.69, 9.17) is 5.11 Å². The summed E-state index contributed by atoms with van der Waals surface area (Å²) in [4.78, 5) is 11.6. The van der Waals surface area contributed by atoms with E-state index in [0.29, 0.717) is 24.0 Å². The maximum Gasteiger partial charge on any atom is 0.321 e. The van der Waals surface area contributed by atoms with Gasteiger partial charge >= 0.3 is 6.03 Å². The summed E-state index contributed by atoms with van der Waals surface area (Å²) < 4.78 is 0. The fourth-order valence-electron chi connectivity index (χ4n) is 1.51. The fourth-order valence-corrected chi connectivity index (χ4v) is 2.42. The molecule has 1 atom stereocenters. The number of aliphatic hydroxyl groups is 1. The van der Waals surface area contributed by atoms with Gasteiger partial charge in [-0.1, -0.05) is 18.3 Å². The summed E-state index contributed by atoms with van der Waals surface area (Å²) in [5, 5.41) is 23.7. The third kappa shape index (κ3) is 3.92. The van der Waals surface area contributed by atoms with Crippen molar-refractivity contribution in [2.45, 2.75) is 32.1 Å². The van der Waals surface area contributed by atoms with Crippen molar-refractivity contribution in [3.63, 3.8) is 0 Å². The largest absolute Gasteiger partial charge is 0.396 e. The first-order chi connectivity index (χ1) is 8.69. The lowest BCUT2D eigenvalue weighted by molar-refractivity contribution is 0.243. The van der Waals surface area contributed by atoms with Gasteiger partial charge in [-0.25, -0.2) is 4.79 Å². The standard InChI is InChI=1S/C11H18N4O2S/c1-7(4-5-16)6-12-10(17)13-11-15-14-9(18-11)8-2-3-8/h7-8,16H,2-6H2,1H3,(H2,12,13,15,17). The molecule has 0 spiro atoms. The van der Waals surface area contributed by atoms with Gasteiger partial charge in [0, 0.05) is 19.1 Å². The molecule has 0 saturated heterocycles. The monoisotopic (exact) mass is 270 g/mol. The summed E-state index contributed by atoms with van der Waals surface area (Å²) in [6.07, 6.45) is 3.05. The van der Waals surface area contributed by atoms with Crippen molar-refractivity contribution < 1.29 is 9.90 Å². The van der Waals surface area contributed by atoms with E-state index >= 15 is 0 Å². The lowest BCUT2D eigenvalue weighted by Crippen LogP contribution is -2.32. The molecule has 0 radical (unpaired) electrons.